The molecule has 12 heteroatoms. The molecule has 1 N–H and O–H groups in total. The third-order valence-corrected chi connectivity index (χ3v) is 6.34. The molecule has 0 aliphatic carbocycles. The Morgan fingerprint density at radius 1 is 1.06 bits per heavy atom. The minimum atomic E-state index is -4.61. The zero-order valence-electron chi connectivity index (χ0n) is 18.7. The number of rotatable bonds is 6. The van der Waals surface area contributed by atoms with E-state index in [9.17, 15) is 26.4 Å². The van der Waals surface area contributed by atoms with Crippen LogP contribution in [-0.2, 0) is 21.2 Å². The highest BCUT2D eigenvalue weighted by Gasteiger charge is 2.36. The fourth-order valence-electron chi connectivity index (χ4n) is 3.32. The average molecular weight is 497 g/mol. The van der Waals surface area contributed by atoms with Crippen LogP contribution in [-0.4, -0.2) is 44.6 Å². The van der Waals surface area contributed by atoms with E-state index in [1.807, 2.05) is 0 Å². The van der Waals surface area contributed by atoms with Gasteiger partial charge in [0.25, 0.3) is 5.91 Å². The van der Waals surface area contributed by atoms with E-state index in [4.69, 9.17) is 9.47 Å². The van der Waals surface area contributed by atoms with Gasteiger partial charge in [-0.15, -0.1) is 4.40 Å². The number of ether oxygens (including phenoxy) is 2. The van der Waals surface area contributed by atoms with Crippen molar-refractivity contribution in [3.63, 3.8) is 0 Å². The van der Waals surface area contributed by atoms with Crippen molar-refractivity contribution in [3.8, 4) is 11.5 Å². The first-order valence-corrected chi connectivity index (χ1v) is 11.3. The van der Waals surface area contributed by atoms with Gasteiger partial charge >= 0.3 is 16.4 Å². The van der Waals surface area contributed by atoms with Crippen molar-refractivity contribution < 1.29 is 35.9 Å². The lowest BCUT2D eigenvalue weighted by atomic mass is 10.1. The Morgan fingerprint density at radius 2 is 1.74 bits per heavy atom. The number of hydrogen-bond donors (Lipinski definition) is 1. The summed E-state index contributed by atoms with van der Waals surface area (Å²) in [6.45, 7) is 3.08. The average Bonchev–Trinajstić information content (AvgIpc) is 2.76. The van der Waals surface area contributed by atoms with Gasteiger partial charge in [0.1, 0.15) is 5.70 Å². The second-order valence-electron chi connectivity index (χ2n) is 7.48. The van der Waals surface area contributed by atoms with Crippen LogP contribution in [0.3, 0.4) is 0 Å². The van der Waals surface area contributed by atoms with E-state index in [2.05, 4.69) is 9.71 Å². The van der Waals surface area contributed by atoms with Gasteiger partial charge in [-0.3, -0.25) is 4.79 Å². The molecule has 0 spiro atoms. The summed E-state index contributed by atoms with van der Waals surface area (Å²) < 4.78 is 80.1. The first-order chi connectivity index (χ1) is 15.9. The molecule has 2 aromatic rings. The highest BCUT2D eigenvalue weighted by Crippen LogP contribution is 2.32. The van der Waals surface area contributed by atoms with Crippen LogP contribution in [0.1, 0.15) is 25.0 Å². The zero-order chi connectivity index (χ0) is 25.3. The lowest BCUT2D eigenvalue weighted by molar-refractivity contribution is -0.137. The fourth-order valence-corrected chi connectivity index (χ4v) is 4.73. The summed E-state index contributed by atoms with van der Waals surface area (Å²) in [7, 11) is -1.48. The molecule has 0 saturated heterocycles. The van der Waals surface area contributed by atoms with Crippen molar-refractivity contribution in [1.82, 2.24) is 4.31 Å². The van der Waals surface area contributed by atoms with Crippen molar-refractivity contribution in [3.05, 3.63) is 65.4 Å². The topological polar surface area (TPSA) is 97.3 Å². The maximum atomic E-state index is 13.1. The Balaban J connectivity index is 2.05. The summed E-state index contributed by atoms with van der Waals surface area (Å²) in [5.74, 6) is -0.194. The molecule has 1 aliphatic rings. The Morgan fingerprint density at radius 3 is 2.32 bits per heavy atom. The smallest absolute Gasteiger partial charge is 0.416 e. The van der Waals surface area contributed by atoms with Crippen LogP contribution in [0.25, 0.3) is 0 Å². The number of nitrogens with zero attached hydrogens (tertiary/aromatic N) is 2. The van der Waals surface area contributed by atoms with E-state index in [0.717, 1.165) is 22.5 Å². The van der Waals surface area contributed by atoms with Gasteiger partial charge in [-0.2, -0.15) is 21.6 Å². The number of hydrogen-bond acceptors (Lipinski definition) is 5. The minimum absolute atomic E-state index is 0.0490. The number of halogens is 3. The number of nitrogens with one attached hydrogen (secondary N) is 1. The van der Waals surface area contributed by atoms with Gasteiger partial charge in [-0.05, 0) is 56.3 Å². The molecular formula is C22H22F3N3O5S. The molecule has 8 nitrogen and oxygen atoms in total. The van der Waals surface area contributed by atoms with Gasteiger partial charge < -0.3 is 14.8 Å². The van der Waals surface area contributed by atoms with Crippen LogP contribution in [0.2, 0.25) is 0 Å². The second kappa shape index (κ2) is 9.37. The number of alkyl halides is 3. The SMILES string of the molecule is COc1ccc(C2=NS(=O)(=O)N(C(C)C)C(C(=O)Nc3cccc(C(F)(F)F)c3)=C2)cc1OC. The predicted octanol–water partition coefficient (Wildman–Crippen LogP) is 4.00. The predicted molar refractivity (Wildman–Crippen MR) is 120 cm³/mol. The number of anilines is 1. The molecule has 0 unspecified atom stereocenters. The first-order valence-electron chi connectivity index (χ1n) is 9.94. The maximum absolute atomic E-state index is 13.1. The number of benzene rings is 2. The molecule has 2 aromatic carbocycles. The molecule has 3 rings (SSSR count). The molecule has 1 aliphatic heterocycles. The van der Waals surface area contributed by atoms with Crippen LogP contribution < -0.4 is 14.8 Å². The van der Waals surface area contributed by atoms with Gasteiger partial charge in [0, 0.05) is 17.3 Å². The molecule has 0 radical (unpaired) electrons. The number of amides is 1. The van der Waals surface area contributed by atoms with E-state index in [-0.39, 0.29) is 17.1 Å². The number of carbonyl (C=O) groups excluding carboxylic acids is 1. The highest BCUT2D eigenvalue weighted by molar-refractivity contribution is 7.88. The monoisotopic (exact) mass is 497 g/mol. The van der Waals surface area contributed by atoms with Gasteiger partial charge in [-0.25, -0.2) is 4.31 Å². The van der Waals surface area contributed by atoms with Gasteiger partial charge in [0.15, 0.2) is 11.5 Å². The molecule has 182 valence electrons. The largest absolute Gasteiger partial charge is 0.493 e. The Hall–Kier alpha value is -3.54. The van der Waals surface area contributed by atoms with Gasteiger partial charge in [0.2, 0.25) is 0 Å². The fraction of sp³-hybridized carbons (Fsp3) is 0.273. The standard InChI is InChI=1S/C22H22F3N3O5S/c1-13(2)28-18(21(29)26-16-7-5-6-15(11-16)22(23,24)25)12-17(27-34(28,30)31)14-8-9-19(32-3)20(10-14)33-4/h5-13H,1-4H3,(H,26,29). The second-order valence-corrected chi connectivity index (χ2v) is 8.95. The third kappa shape index (κ3) is 5.16. The Kier molecular flexibility index (Phi) is 6.92. The van der Waals surface area contributed by atoms with Crippen molar-refractivity contribution in [2.75, 3.05) is 19.5 Å². The van der Waals surface area contributed by atoms with Crippen LogP contribution in [0.5, 0.6) is 11.5 Å². The maximum Gasteiger partial charge on any atom is 0.416 e. The summed E-state index contributed by atoms with van der Waals surface area (Å²) in [6.07, 6.45) is -3.35. The van der Waals surface area contributed by atoms with E-state index in [0.29, 0.717) is 17.1 Å². The summed E-state index contributed by atoms with van der Waals surface area (Å²) in [6, 6.07) is 7.93. The quantitative estimate of drug-likeness (QED) is 0.651. The van der Waals surface area contributed by atoms with E-state index < -0.39 is 33.9 Å². The van der Waals surface area contributed by atoms with Crippen molar-refractivity contribution >= 4 is 27.5 Å². The van der Waals surface area contributed by atoms with Crippen molar-refractivity contribution in [2.45, 2.75) is 26.1 Å². The number of allylic oxidation sites excluding steroid dienone is 1. The summed E-state index contributed by atoms with van der Waals surface area (Å²) in [4.78, 5) is 13.1. The number of carbonyl (C=O) groups is 1. The molecule has 0 saturated carbocycles. The zero-order valence-corrected chi connectivity index (χ0v) is 19.5. The molecular weight excluding hydrogens is 475 g/mol. The van der Waals surface area contributed by atoms with Gasteiger partial charge in [-0.1, -0.05) is 6.07 Å². The summed E-state index contributed by atoms with van der Waals surface area (Å²) in [5, 5.41) is 2.35. The lowest BCUT2D eigenvalue weighted by Crippen LogP contribution is -2.42. The minimum Gasteiger partial charge on any atom is -0.493 e. The number of methoxy groups -OCH3 is 2. The van der Waals surface area contributed by atoms with E-state index in [1.165, 1.54) is 32.4 Å². The van der Waals surface area contributed by atoms with E-state index >= 15 is 0 Å². The third-order valence-electron chi connectivity index (χ3n) is 4.80. The normalized spacial score (nSPS) is 15.5. The van der Waals surface area contributed by atoms with Crippen LogP contribution in [0.4, 0.5) is 18.9 Å². The highest BCUT2D eigenvalue weighted by atomic mass is 32.2. The molecule has 1 amide bonds. The lowest BCUT2D eigenvalue weighted by Gasteiger charge is -2.30. The van der Waals surface area contributed by atoms with Crippen LogP contribution in [0, 0.1) is 0 Å². The van der Waals surface area contributed by atoms with Crippen molar-refractivity contribution in [1.29, 1.82) is 0 Å². The molecule has 0 atom stereocenters. The summed E-state index contributed by atoms with van der Waals surface area (Å²) >= 11 is 0. The van der Waals surface area contributed by atoms with E-state index in [1.54, 1.807) is 26.0 Å². The molecule has 1 heterocycles. The Labute approximate surface area is 194 Å². The van der Waals surface area contributed by atoms with Crippen LogP contribution >= 0.6 is 0 Å². The first kappa shape index (κ1) is 25.1. The summed E-state index contributed by atoms with van der Waals surface area (Å²) in [5.41, 5.74) is -1.12. The Bertz CT molecular complexity index is 1270. The molecule has 0 bridgehead atoms. The molecule has 0 aromatic heterocycles. The molecule has 34 heavy (non-hydrogen) atoms. The van der Waals surface area contributed by atoms with Crippen LogP contribution in [0.15, 0.2) is 58.6 Å². The van der Waals surface area contributed by atoms with Gasteiger partial charge in [0.05, 0.1) is 25.5 Å². The van der Waals surface area contributed by atoms with Crippen molar-refractivity contribution in [2.24, 2.45) is 4.40 Å². The molecule has 0 fully saturated rings.